The number of rotatable bonds is 2. The zero-order valence-corrected chi connectivity index (χ0v) is 17.2. The van der Waals surface area contributed by atoms with Gasteiger partial charge in [-0.15, -0.1) is 0 Å². The minimum absolute atomic E-state index is 0.0424. The number of methoxy groups -OCH3 is 1. The van der Waals surface area contributed by atoms with E-state index in [0.29, 0.717) is 12.1 Å². The quantitative estimate of drug-likeness (QED) is 0.606. The van der Waals surface area contributed by atoms with Gasteiger partial charge < -0.3 is 9.64 Å². The summed E-state index contributed by atoms with van der Waals surface area (Å²) in [7, 11) is 4.13. The lowest BCUT2D eigenvalue weighted by molar-refractivity contribution is -0.140. The van der Waals surface area contributed by atoms with Gasteiger partial charge in [0, 0.05) is 19.1 Å². The average Bonchev–Trinajstić information content (AvgIpc) is 3.08. The predicted molar refractivity (Wildman–Crippen MR) is 104 cm³/mol. The van der Waals surface area contributed by atoms with E-state index in [0.717, 1.165) is 10.7 Å². The van der Waals surface area contributed by atoms with Gasteiger partial charge in [0.05, 0.1) is 31.3 Å². The Morgan fingerprint density at radius 3 is 2.19 bits per heavy atom. The van der Waals surface area contributed by atoms with Crippen LogP contribution in [0.2, 0.25) is 5.02 Å². The number of benzene rings is 1. The molecule has 1 aliphatic heterocycles. The number of hydrogen-bond acceptors (Lipinski definition) is 5. The second-order valence-electron chi connectivity index (χ2n) is 6.67. The minimum Gasteiger partial charge on any atom is -0.479 e. The van der Waals surface area contributed by atoms with Crippen LogP contribution in [0, 0.1) is 0 Å². The molecule has 0 saturated carbocycles. The fourth-order valence-corrected chi connectivity index (χ4v) is 3.33. The molecule has 0 radical (unpaired) electrons. The average molecular weight is 468 g/mol. The van der Waals surface area contributed by atoms with Crippen molar-refractivity contribution in [3.8, 4) is 11.1 Å². The Morgan fingerprint density at radius 1 is 1.00 bits per heavy atom. The summed E-state index contributed by atoms with van der Waals surface area (Å²) < 4.78 is 87.6. The molecule has 0 saturated heterocycles. The first-order chi connectivity index (χ1) is 14.3. The van der Waals surface area contributed by atoms with Crippen molar-refractivity contribution in [2.45, 2.75) is 12.4 Å². The number of aromatic nitrogens is 2. The van der Waals surface area contributed by atoms with Crippen LogP contribution in [-0.4, -0.2) is 55.8 Å². The van der Waals surface area contributed by atoms with Crippen molar-refractivity contribution in [1.82, 2.24) is 9.78 Å². The van der Waals surface area contributed by atoms with Crippen molar-refractivity contribution in [1.29, 1.82) is 0 Å². The third kappa shape index (κ3) is 4.48. The minimum atomic E-state index is -4.98. The highest BCUT2D eigenvalue weighted by atomic mass is 35.5. The maximum Gasteiger partial charge on any atom is 0.435 e. The molecule has 0 unspecified atom stereocenters. The molecular weight excluding hydrogens is 452 g/mol. The first kappa shape index (κ1) is 22.9. The van der Waals surface area contributed by atoms with Gasteiger partial charge in [0.1, 0.15) is 5.82 Å². The van der Waals surface area contributed by atoms with Gasteiger partial charge in [0.15, 0.2) is 5.69 Å². The second-order valence-corrected chi connectivity index (χ2v) is 7.11. The SMILES string of the molecule is COC1=NCCN=C1n1nc(C(F)(F)F)c(-c2cc(Cl)cc(C(F)(F)F)c2)c1N(C)C. The molecule has 13 heteroatoms. The van der Waals surface area contributed by atoms with E-state index in [-0.39, 0.29) is 35.7 Å². The molecule has 0 amide bonds. The summed E-state index contributed by atoms with van der Waals surface area (Å²) in [6.07, 6.45) is -9.79. The Morgan fingerprint density at radius 2 is 1.65 bits per heavy atom. The number of aliphatic imine (C=N–C) groups is 2. The van der Waals surface area contributed by atoms with Gasteiger partial charge in [-0.2, -0.15) is 36.1 Å². The van der Waals surface area contributed by atoms with Crippen LogP contribution >= 0.6 is 11.6 Å². The summed E-state index contributed by atoms with van der Waals surface area (Å²) in [5.41, 5.74) is -3.55. The number of hydrogen-bond donors (Lipinski definition) is 0. The molecule has 0 bridgehead atoms. The molecule has 1 aromatic heterocycles. The van der Waals surface area contributed by atoms with Gasteiger partial charge in [0.2, 0.25) is 5.84 Å². The molecule has 2 aromatic rings. The normalized spacial score (nSPS) is 14.9. The van der Waals surface area contributed by atoms with E-state index < -0.39 is 34.7 Å². The van der Waals surface area contributed by atoms with Gasteiger partial charge in [-0.25, -0.2) is 4.99 Å². The van der Waals surface area contributed by atoms with Crippen LogP contribution in [0.15, 0.2) is 28.2 Å². The van der Waals surface area contributed by atoms with Crippen molar-refractivity contribution < 1.29 is 31.1 Å². The smallest absolute Gasteiger partial charge is 0.435 e. The summed E-state index contributed by atoms with van der Waals surface area (Å²) in [5.74, 6) is -0.292. The topological polar surface area (TPSA) is 55.0 Å². The van der Waals surface area contributed by atoms with Crippen molar-refractivity contribution >= 4 is 29.2 Å². The summed E-state index contributed by atoms with van der Waals surface area (Å²) in [6.45, 7) is 0.453. The Balaban J connectivity index is 2.38. The molecule has 0 atom stereocenters. The van der Waals surface area contributed by atoms with Crippen LogP contribution in [0.3, 0.4) is 0 Å². The molecule has 0 spiro atoms. The zero-order valence-electron chi connectivity index (χ0n) is 16.4. The van der Waals surface area contributed by atoms with Gasteiger partial charge in [-0.3, -0.25) is 4.99 Å². The Bertz CT molecular complexity index is 1050. The molecule has 31 heavy (non-hydrogen) atoms. The third-order valence-electron chi connectivity index (χ3n) is 4.27. The van der Waals surface area contributed by atoms with Crippen LogP contribution in [0.5, 0.6) is 0 Å². The number of halogens is 7. The van der Waals surface area contributed by atoms with E-state index in [2.05, 4.69) is 15.1 Å². The number of alkyl halides is 6. The molecule has 0 fully saturated rings. The maximum atomic E-state index is 13.9. The number of anilines is 1. The number of nitrogens with zero attached hydrogens (tertiary/aromatic N) is 5. The molecular formula is C18H16ClF6N5O. The van der Waals surface area contributed by atoms with Crippen molar-refractivity contribution in [2.24, 2.45) is 9.98 Å². The van der Waals surface area contributed by atoms with Crippen LogP contribution in [0.4, 0.5) is 32.2 Å². The third-order valence-corrected chi connectivity index (χ3v) is 4.49. The fourth-order valence-electron chi connectivity index (χ4n) is 3.09. The Kier molecular flexibility index (Phi) is 5.96. The summed E-state index contributed by atoms with van der Waals surface area (Å²) >= 11 is 5.82. The molecule has 1 aromatic carbocycles. The van der Waals surface area contributed by atoms with Crippen molar-refractivity contribution in [2.75, 3.05) is 39.2 Å². The molecule has 2 heterocycles. The standard InChI is InChI=1S/C18H16ClF6N5O/c1-29(2)16-12(9-6-10(17(20,21)22)8-11(19)7-9)13(18(23,24)25)28-30(16)14-15(31-3)27-5-4-26-14/h6-8H,4-5H2,1-3H3. The lowest BCUT2D eigenvalue weighted by Gasteiger charge is -2.20. The first-order valence-corrected chi connectivity index (χ1v) is 9.11. The fraction of sp³-hybridized carbons (Fsp3) is 0.389. The van der Waals surface area contributed by atoms with E-state index in [1.54, 1.807) is 0 Å². The monoisotopic (exact) mass is 467 g/mol. The largest absolute Gasteiger partial charge is 0.479 e. The highest BCUT2D eigenvalue weighted by Crippen LogP contribution is 2.44. The maximum absolute atomic E-state index is 13.9. The van der Waals surface area contributed by atoms with E-state index in [1.807, 2.05) is 0 Å². The highest BCUT2D eigenvalue weighted by Gasteiger charge is 2.42. The summed E-state index contributed by atoms with van der Waals surface area (Å²) in [5, 5.41) is 3.29. The van der Waals surface area contributed by atoms with Gasteiger partial charge in [-0.05, 0) is 23.8 Å². The summed E-state index contributed by atoms with van der Waals surface area (Å²) in [4.78, 5) is 9.52. The van der Waals surface area contributed by atoms with Crippen LogP contribution in [0.1, 0.15) is 11.3 Å². The second kappa shape index (κ2) is 8.06. The van der Waals surface area contributed by atoms with Crippen LogP contribution < -0.4 is 4.90 Å². The van der Waals surface area contributed by atoms with Gasteiger partial charge in [0.25, 0.3) is 5.90 Å². The lowest BCUT2D eigenvalue weighted by atomic mass is 10.0. The highest BCUT2D eigenvalue weighted by molar-refractivity contribution is 6.39. The van der Waals surface area contributed by atoms with Crippen molar-refractivity contribution in [3.63, 3.8) is 0 Å². The molecule has 1 aliphatic rings. The number of ether oxygens (including phenoxy) is 1. The van der Waals surface area contributed by atoms with Crippen LogP contribution in [-0.2, 0) is 17.1 Å². The Labute approximate surface area is 177 Å². The zero-order chi connectivity index (χ0) is 23.1. The molecule has 0 aliphatic carbocycles. The lowest BCUT2D eigenvalue weighted by Crippen LogP contribution is -2.32. The van der Waals surface area contributed by atoms with E-state index in [4.69, 9.17) is 16.3 Å². The van der Waals surface area contributed by atoms with Gasteiger partial charge in [-0.1, -0.05) is 11.6 Å². The molecule has 0 N–H and O–H groups in total. The van der Waals surface area contributed by atoms with Gasteiger partial charge >= 0.3 is 12.4 Å². The summed E-state index contributed by atoms with van der Waals surface area (Å²) in [6, 6.07) is 2.26. The predicted octanol–water partition coefficient (Wildman–Crippen LogP) is 4.61. The van der Waals surface area contributed by atoms with Crippen LogP contribution in [0.25, 0.3) is 11.1 Å². The Hall–Kier alpha value is -2.76. The van der Waals surface area contributed by atoms with E-state index in [9.17, 15) is 26.3 Å². The van der Waals surface area contributed by atoms with E-state index >= 15 is 0 Å². The molecule has 6 nitrogen and oxygen atoms in total. The molecule has 168 valence electrons. The van der Waals surface area contributed by atoms with E-state index in [1.165, 1.54) is 26.1 Å². The first-order valence-electron chi connectivity index (χ1n) is 8.74. The van der Waals surface area contributed by atoms with Crippen molar-refractivity contribution in [3.05, 3.63) is 34.5 Å². The molecule has 3 rings (SSSR count).